The Morgan fingerprint density at radius 2 is 1.78 bits per heavy atom. The summed E-state index contributed by atoms with van der Waals surface area (Å²) in [4.78, 5) is 2.56. The molecule has 1 aliphatic rings. The van der Waals surface area contributed by atoms with E-state index in [2.05, 4.69) is 35.2 Å². The number of nitrogens with zero attached hydrogens (tertiary/aromatic N) is 1. The van der Waals surface area contributed by atoms with Crippen LogP contribution in [0, 0.1) is 5.92 Å². The third-order valence-corrected chi connectivity index (χ3v) is 4.63. The third kappa shape index (κ3) is 8.92. The fourth-order valence-corrected chi connectivity index (χ4v) is 3.28. The first-order chi connectivity index (χ1) is 10.3. The van der Waals surface area contributed by atoms with Gasteiger partial charge in [-0.05, 0) is 69.6 Å². The predicted octanol–water partition coefficient (Wildman–Crippen LogP) is 3.27. The van der Waals surface area contributed by atoms with Crippen molar-refractivity contribution in [1.29, 1.82) is 0 Å². The van der Waals surface area contributed by atoms with Gasteiger partial charge in [0.2, 0.25) is 0 Å². The lowest BCUT2D eigenvalue weighted by Crippen LogP contribution is -2.35. The molecule has 1 fully saturated rings. The first kappa shape index (κ1) is 22.7. The van der Waals surface area contributed by atoms with Gasteiger partial charge in [-0.15, -0.1) is 24.8 Å². The molecule has 3 N–H and O–H groups in total. The van der Waals surface area contributed by atoms with E-state index in [9.17, 15) is 0 Å². The van der Waals surface area contributed by atoms with Gasteiger partial charge in [0.05, 0.1) is 0 Å². The summed E-state index contributed by atoms with van der Waals surface area (Å²) in [5, 5.41) is 8.98. The summed E-state index contributed by atoms with van der Waals surface area (Å²) in [6.07, 6.45) is 6.76. The standard InChI is InChI=1S/C18H30N2O.2ClH/c19-18(15-17-5-2-1-3-6-17)7-4-11-20-12-8-16(9-13-20)10-14-21;;/h1-3,5-6,16,18,21H,4,7-15,19H2;2*1H/t18-;;/m0../s1. The average Bonchev–Trinajstić information content (AvgIpc) is 2.50. The summed E-state index contributed by atoms with van der Waals surface area (Å²) in [6, 6.07) is 10.8. The highest BCUT2D eigenvalue weighted by atomic mass is 35.5. The number of rotatable bonds is 8. The highest BCUT2D eigenvalue weighted by Crippen LogP contribution is 2.20. The number of hydrogen-bond acceptors (Lipinski definition) is 3. The molecule has 23 heavy (non-hydrogen) atoms. The number of piperidine rings is 1. The second-order valence-electron chi connectivity index (χ2n) is 6.39. The van der Waals surface area contributed by atoms with Gasteiger partial charge in [-0.2, -0.15) is 0 Å². The van der Waals surface area contributed by atoms with E-state index < -0.39 is 0 Å². The number of nitrogens with two attached hydrogens (primary N) is 1. The van der Waals surface area contributed by atoms with E-state index in [0.29, 0.717) is 6.61 Å². The highest BCUT2D eigenvalue weighted by Gasteiger charge is 2.18. The molecule has 1 aromatic carbocycles. The van der Waals surface area contributed by atoms with Crippen LogP contribution in [-0.4, -0.2) is 42.3 Å². The van der Waals surface area contributed by atoms with Crippen LogP contribution in [0.15, 0.2) is 30.3 Å². The minimum Gasteiger partial charge on any atom is -0.396 e. The maximum Gasteiger partial charge on any atom is 0.0433 e. The molecule has 0 unspecified atom stereocenters. The largest absolute Gasteiger partial charge is 0.396 e. The number of halogens is 2. The number of benzene rings is 1. The molecule has 0 aliphatic carbocycles. The Hall–Kier alpha value is -0.320. The molecule has 1 heterocycles. The van der Waals surface area contributed by atoms with Gasteiger partial charge in [0, 0.05) is 12.6 Å². The molecule has 1 saturated heterocycles. The van der Waals surface area contributed by atoms with Gasteiger partial charge in [0.25, 0.3) is 0 Å². The number of hydrogen-bond donors (Lipinski definition) is 2. The lowest BCUT2D eigenvalue weighted by molar-refractivity contribution is 0.156. The Kier molecular flexibility index (Phi) is 12.8. The summed E-state index contributed by atoms with van der Waals surface area (Å²) in [7, 11) is 0. The minimum absolute atomic E-state index is 0. The van der Waals surface area contributed by atoms with Crippen molar-refractivity contribution in [3.05, 3.63) is 35.9 Å². The van der Waals surface area contributed by atoms with E-state index in [1.165, 1.54) is 44.5 Å². The lowest BCUT2D eigenvalue weighted by Gasteiger charge is -2.31. The molecule has 1 atom stereocenters. The molecular formula is C18H32Cl2N2O. The van der Waals surface area contributed by atoms with Gasteiger partial charge in [0.1, 0.15) is 0 Å². The van der Waals surface area contributed by atoms with Crippen LogP contribution in [0.25, 0.3) is 0 Å². The Labute approximate surface area is 153 Å². The molecule has 0 spiro atoms. The smallest absolute Gasteiger partial charge is 0.0433 e. The Morgan fingerprint density at radius 3 is 2.39 bits per heavy atom. The maximum absolute atomic E-state index is 8.98. The molecule has 3 nitrogen and oxygen atoms in total. The molecule has 0 radical (unpaired) electrons. The second-order valence-corrected chi connectivity index (χ2v) is 6.39. The predicted molar refractivity (Wildman–Crippen MR) is 103 cm³/mol. The maximum atomic E-state index is 8.98. The van der Waals surface area contributed by atoms with Crippen molar-refractivity contribution in [3.63, 3.8) is 0 Å². The summed E-state index contributed by atoms with van der Waals surface area (Å²) >= 11 is 0. The van der Waals surface area contributed by atoms with Crippen LogP contribution >= 0.6 is 24.8 Å². The molecule has 1 aromatic rings. The molecule has 134 valence electrons. The topological polar surface area (TPSA) is 49.5 Å². The van der Waals surface area contributed by atoms with E-state index >= 15 is 0 Å². The summed E-state index contributed by atoms with van der Waals surface area (Å²) in [5.41, 5.74) is 7.58. The quantitative estimate of drug-likeness (QED) is 0.745. The molecular weight excluding hydrogens is 331 g/mol. The number of aliphatic hydroxyl groups excluding tert-OH is 1. The van der Waals surface area contributed by atoms with Crippen LogP contribution < -0.4 is 5.73 Å². The second kappa shape index (κ2) is 13.0. The molecule has 0 aromatic heterocycles. The van der Waals surface area contributed by atoms with Crippen molar-refractivity contribution >= 4 is 24.8 Å². The zero-order chi connectivity index (χ0) is 14.9. The van der Waals surface area contributed by atoms with Crippen LogP contribution in [0.2, 0.25) is 0 Å². The minimum atomic E-state index is 0. The summed E-state index contributed by atoms with van der Waals surface area (Å²) in [6.45, 7) is 3.91. The molecule has 5 heteroatoms. The summed E-state index contributed by atoms with van der Waals surface area (Å²) < 4.78 is 0. The zero-order valence-corrected chi connectivity index (χ0v) is 15.5. The van der Waals surface area contributed by atoms with Gasteiger partial charge in [-0.1, -0.05) is 30.3 Å². The van der Waals surface area contributed by atoms with E-state index in [4.69, 9.17) is 10.8 Å². The van der Waals surface area contributed by atoms with Crippen molar-refractivity contribution < 1.29 is 5.11 Å². The third-order valence-electron chi connectivity index (χ3n) is 4.63. The van der Waals surface area contributed by atoms with E-state index in [-0.39, 0.29) is 30.9 Å². The summed E-state index contributed by atoms with van der Waals surface area (Å²) in [5.74, 6) is 0.742. The van der Waals surface area contributed by atoms with E-state index in [1.807, 2.05) is 0 Å². The van der Waals surface area contributed by atoms with Crippen molar-refractivity contribution in [2.24, 2.45) is 11.7 Å². The molecule has 0 saturated carbocycles. The van der Waals surface area contributed by atoms with Gasteiger partial charge < -0.3 is 15.7 Å². The van der Waals surface area contributed by atoms with Gasteiger partial charge in [-0.25, -0.2) is 0 Å². The lowest BCUT2D eigenvalue weighted by atomic mass is 9.93. The fraction of sp³-hybridized carbons (Fsp3) is 0.667. The number of likely N-dealkylation sites (tertiary alicyclic amines) is 1. The average molecular weight is 363 g/mol. The Balaban J connectivity index is 0.00000242. The monoisotopic (exact) mass is 362 g/mol. The van der Waals surface area contributed by atoms with Crippen LogP contribution in [0.1, 0.15) is 37.7 Å². The fourth-order valence-electron chi connectivity index (χ4n) is 3.28. The Bertz CT molecular complexity index is 384. The molecule has 1 aliphatic heterocycles. The first-order valence-corrected chi connectivity index (χ1v) is 8.40. The van der Waals surface area contributed by atoms with E-state index in [1.54, 1.807) is 0 Å². The molecule has 0 amide bonds. The van der Waals surface area contributed by atoms with Crippen molar-refractivity contribution in [3.8, 4) is 0 Å². The van der Waals surface area contributed by atoms with Crippen molar-refractivity contribution in [2.75, 3.05) is 26.2 Å². The van der Waals surface area contributed by atoms with Gasteiger partial charge >= 0.3 is 0 Å². The van der Waals surface area contributed by atoms with E-state index in [0.717, 1.165) is 25.2 Å². The van der Waals surface area contributed by atoms with Crippen LogP contribution in [0.4, 0.5) is 0 Å². The molecule has 2 rings (SSSR count). The van der Waals surface area contributed by atoms with Crippen LogP contribution in [0.3, 0.4) is 0 Å². The molecule has 0 bridgehead atoms. The zero-order valence-electron chi connectivity index (χ0n) is 13.9. The first-order valence-electron chi connectivity index (χ1n) is 8.40. The number of aliphatic hydroxyl groups is 1. The van der Waals surface area contributed by atoms with Gasteiger partial charge in [-0.3, -0.25) is 0 Å². The van der Waals surface area contributed by atoms with Gasteiger partial charge in [0.15, 0.2) is 0 Å². The van der Waals surface area contributed by atoms with Crippen LogP contribution in [-0.2, 0) is 6.42 Å². The Morgan fingerprint density at radius 1 is 1.13 bits per heavy atom. The SMILES string of the molecule is Cl.Cl.N[C@@H](CCCN1CCC(CCO)CC1)Cc1ccccc1. The van der Waals surface area contributed by atoms with Crippen LogP contribution in [0.5, 0.6) is 0 Å². The highest BCUT2D eigenvalue weighted by molar-refractivity contribution is 5.85. The van der Waals surface area contributed by atoms with Crippen molar-refractivity contribution in [1.82, 2.24) is 4.90 Å². The van der Waals surface area contributed by atoms with Crippen molar-refractivity contribution in [2.45, 2.75) is 44.6 Å². The normalized spacial score (nSPS) is 17.1.